The number of aryl methyl sites for hydroxylation is 3. The predicted octanol–water partition coefficient (Wildman–Crippen LogP) is 3.34. The van der Waals surface area contributed by atoms with E-state index in [4.69, 9.17) is 4.74 Å². The molecule has 1 unspecified atom stereocenters. The van der Waals surface area contributed by atoms with Gasteiger partial charge in [-0.2, -0.15) is 0 Å². The Bertz CT molecular complexity index is 751. The van der Waals surface area contributed by atoms with Crippen LogP contribution in [0.3, 0.4) is 0 Å². The third-order valence-electron chi connectivity index (χ3n) is 3.44. The first-order chi connectivity index (χ1) is 10.3. The molecule has 1 aromatic heterocycles. The smallest absolute Gasteiger partial charge is 0.240 e. The van der Waals surface area contributed by atoms with Crippen LogP contribution in [0.1, 0.15) is 27.0 Å². The lowest BCUT2D eigenvalue weighted by molar-refractivity contribution is 0.110. The minimum Gasteiger partial charge on any atom is -0.375 e. The zero-order valence-electron chi connectivity index (χ0n) is 13.2. The van der Waals surface area contributed by atoms with Gasteiger partial charge in [-0.15, -0.1) is 11.3 Å². The van der Waals surface area contributed by atoms with Crippen LogP contribution in [0.2, 0.25) is 0 Å². The summed E-state index contributed by atoms with van der Waals surface area (Å²) in [6.45, 7) is 5.97. The molecular formula is C16H21NO3S2. The van der Waals surface area contributed by atoms with E-state index in [2.05, 4.69) is 4.72 Å². The molecule has 4 nitrogen and oxygen atoms in total. The summed E-state index contributed by atoms with van der Waals surface area (Å²) in [4.78, 5) is 2.51. The highest BCUT2D eigenvalue weighted by atomic mass is 32.2. The lowest BCUT2D eigenvalue weighted by Gasteiger charge is -2.16. The summed E-state index contributed by atoms with van der Waals surface area (Å²) in [5.74, 6) is 0. The van der Waals surface area contributed by atoms with Crippen LogP contribution >= 0.6 is 11.3 Å². The number of rotatable bonds is 6. The Labute approximate surface area is 136 Å². The highest BCUT2D eigenvalue weighted by Gasteiger charge is 2.20. The van der Waals surface area contributed by atoms with Crippen LogP contribution in [0, 0.1) is 20.8 Å². The first kappa shape index (κ1) is 17.1. The molecule has 2 aromatic rings. The summed E-state index contributed by atoms with van der Waals surface area (Å²) in [5, 5.41) is 0. The highest BCUT2D eigenvalue weighted by molar-refractivity contribution is 7.89. The molecule has 120 valence electrons. The molecule has 0 amide bonds. The van der Waals surface area contributed by atoms with Crippen LogP contribution in [-0.2, 0) is 14.8 Å². The second-order valence-corrected chi connectivity index (χ2v) is 8.35. The third kappa shape index (κ3) is 3.95. The van der Waals surface area contributed by atoms with Gasteiger partial charge < -0.3 is 4.74 Å². The van der Waals surface area contributed by atoms with E-state index in [-0.39, 0.29) is 12.6 Å². The molecule has 0 saturated heterocycles. The number of benzene rings is 1. The molecule has 1 aromatic carbocycles. The maximum Gasteiger partial charge on any atom is 0.240 e. The molecule has 0 aliphatic heterocycles. The summed E-state index contributed by atoms with van der Waals surface area (Å²) < 4.78 is 33.0. The number of hydrogen-bond acceptors (Lipinski definition) is 4. The van der Waals surface area contributed by atoms with Crippen molar-refractivity contribution in [1.29, 1.82) is 0 Å². The molecule has 0 radical (unpaired) electrons. The summed E-state index contributed by atoms with van der Waals surface area (Å²) in [6, 6.07) is 9.29. The minimum atomic E-state index is -3.54. The molecular weight excluding hydrogens is 318 g/mol. The third-order valence-corrected chi connectivity index (χ3v) is 6.12. The first-order valence-corrected chi connectivity index (χ1v) is 9.29. The Morgan fingerprint density at radius 2 is 1.91 bits per heavy atom. The van der Waals surface area contributed by atoms with E-state index < -0.39 is 10.0 Å². The number of sulfonamides is 1. The summed E-state index contributed by atoms with van der Waals surface area (Å²) in [7, 11) is -1.95. The molecule has 6 heteroatoms. The van der Waals surface area contributed by atoms with E-state index in [1.54, 1.807) is 37.5 Å². The van der Waals surface area contributed by atoms with E-state index in [0.717, 1.165) is 16.0 Å². The van der Waals surface area contributed by atoms with Crippen molar-refractivity contribution in [3.05, 3.63) is 51.2 Å². The van der Waals surface area contributed by atoms with Gasteiger partial charge in [-0.1, -0.05) is 17.7 Å². The molecule has 0 spiro atoms. The Morgan fingerprint density at radius 3 is 2.45 bits per heavy atom. The molecule has 1 heterocycles. The molecule has 22 heavy (non-hydrogen) atoms. The summed E-state index contributed by atoms with van der Waals surface area (Å²) in [5.41, 5.74) is 1.79. The normalized spacial score (nSPS) is 13.3. The Kier molecular flexibility index (Phi) is 5.39. The molecule has 0 aliphatic carbocycles. The van der Waals surface area contributed by atoms with E-state index in [1.165, 1.54) is 4.88 Å². The van der Waals surface area contributed by atoms with Crippen LogP contribution in [0.25, 0.3) is 0 Å². The van der Waals surface area contributed by atoms with Gasteiger partial charge in [0, 0.05) is 23.4 Å². The molecule has 0 saturated carbocycles. The lowest BCUT2D eigenvalue weighted by atomic mass is 10.2. The summed E-state index contributed by atoms with van der Waals surface area (Å²) >= 11 is 1.61. The van der Waals surface area contributed by atoms with Gasteiger partial charge in [0.15, 0.2) is 0 Å². The number of nitrogens with one attached hydrogen (secondary N) is 1. The van der Waals surface area contributed by atoms with E-state index in [1.807, 2.05) is 32.0 Å². The quantitative estimate of drug-likeness (QED) is 0.878. The van der Waals surface area contributed by atoms with Gasteiger partial charge in [-0.3, -0.25) is 0 Å². The Hall–Kier alpha value is -1.21. The van der Waals surface area contributed by atoms with Crippen LogP contribution in [0.15, 0.2) is 35.2 Å². The van der Waals surface area contributed by atoms with Crippen molar-refractivity contribution in [2.45, 2.75) is 31.8 Å². The van der Waals surface area contributed by atoms with Crippen LogP contribution in [0.5, 0.6) is 0 Å². The maximum atomic E-state index is 12.5. The van der Waals surface area contributed by atoms with Crippen molar-refractivity contribution < 1.29 is 13.2 Å². The topological polar surface area (TPSA) is 55.4 Å². The fourth-order valence-corrected chi connectivity index (χ4v) is 4.50. The minimum absolute atomic E-state index is 0.214. The van der Waals surface area contributed by atoms with Crippen molar-refractivity contribution in [3.63, 3.8) is 0 Å². The Morgan fingerprint density at radius 1 is 1.18 bits per heavy atom. The van der Waals surface area contributed by atoms with Crippen molar-refractivity contribution in [2.75, 3.05) is 13.7 Å². The SMILES string of the molecule is COC(CNS(=O)(=O)c1ccc(C)cc1C)c1ccc(C)s1. The van der Waals surface area contributed by atoms with Crippen LogP contribution < -0.4 is 4.72 Å². The second-order valence-electron chi connectivity index (χ2n) is 5.29. The van der Waals surface area contributed by atoms with Crippen molar-refractivity contribution in [1.82, 2.24) is 4.72 Å². The standard InChI is InChI=1S/C16H21NO3S2/c1-11-5-8-16(12(2)9-11)22(18,19)17-10-14(20-4)15-7-6-13(3)21-15/h5-9,14,17H,10H2,1-4H3. The molecule has 0 aliphatic rings. The molecule has 0 fully saturated rings. The van der Waals surface area contributed by atoms with Gasteiger partial charge in [0.05, 0.1) is 4.90 Å². The van der Waals surface area contributed by atoms with Crippen molar-refractivity contribution in [3.8, 4) is 0 Å². The van der Waals surface area contributed by atoms with Crippen molar-refractivity contribution in [2.24, 2.45) is 0 Å². The molecule has 0 bridgehead atoms. The predicted molar refractivity (Wildman–Crippen MR) is 89.9 cm³/mol. The van der Waals surface area contributed by atoms with E-state index in [0.29, 0.717) is 4.90 Å². The number of thiophene rings is 1. The number of methoxy groups -OCH3 is 1. The zero-order valence-corrected chi connectivity index (χ0v) is 14.8. The lowest BCUT2D eigenvalue weighted by Crippen LogP contribution is -2.29. The van der Waals surface area contributed by atoms with Gasteiger partial charge in [-0.25, -0.2) is 13.1 Å². The van der Waals surface area contributed by atoms with Crippen LogP contribution in [-0.4, -0.2) is 22.1 Å². The molecule has 1 atom stereocenters. The average molecular weight is 339 g/mol. The zero-order chi connectivity index (χ0) is 16.3. The fraction of sp³-hybridized carbons (Fsp3) is 0.375. The van der Waals surface area contributed by atoms with Crippen molar-refractivity contribution >= 4 is 21.4 Å². The van der Waals surface area contributed by atoms with E-state index in [9.17, 15) is 8.42 Å². The van der Waals surface area contributed by atoms with E-state index >= 15 is 0 Å². The second kappa shape index (κ2) is 6.91. The largest absolute Gasteiger partial charge is 0.375 e. The van der Waals surface area contributed by atoms with Gasteiger partial charge in [-0.05, 0) is 44.5 Å². The molecule has 2 rings (SSSR count). The monoisotopic (exact) mass is 339 g/mol. The number of ether oxygens (including phenoxy) is 1. The average Bonchev–Trinajstić information content (AvgIpc) is 2.85. The maximum absolute atomic E-state index is 12.5. The number of hydrogen-bond donors (Lipinski definition) is 1. The van der Waals surface area contributed by atoms with Gasteiger partial charge in [0.1, 0.15) is 6.10 Å². The molecule has 1 N–H and O–H groups in total. The van der Waals surface area contributed by atoms with Gasteiger partial charge in [0.2, 0.25) is 10.0 Å². The highest BCUT2D eigenvalue weighted by Crippen LogP contribution is 2.25. The van der Waals surface area contributed by atoms with Crippen LogP contribution in [0.4, 0.5) is 0 Å². The fourth-order valence-electron chi connectivity index (χ4n) is 2.29. The van der Waals surface area contributed by atoms with Gasteiger partial charge >= 0.3 is 0 Å². The summed E-state index contributed by atoms with van der Waals surface area (Å²) in [6.07, 6.45) is -0.278. The van der Waals surface area contributed by atoms with Gasteiger partial charge in [0.25, 0.3) is 0 Å². The Balaban J connectivity index is 2.14. The first-order valence-electron chi connectivity index (χ1n) is 6.99.